The number of carbonyl (C=O) groups is 1. The third-order valence-corrected chi connectivity index (χ3v) is 5.02. The third-order valence-electron chi connectivity index (χ3n) is 4.68. The lowest BCUT2D eigenvalue weighted by atomic mass is 9.98. The van der Waals surface area contributed by atoms with Crippen molar-refractivity contribution < 1.29 is 13.9 Å². The molecule has 132 valence electrons. The Bertz CT molecular complexity index is 940. The Hall–Kier alpha value is -2.79. The Kier molecular flexibility index (Phi) is 4.39. The zero-order valence-electron chi connectivity index (χ0n) is 14.2. The number of benzene rings is 2. The van der Waals surface area contributed by atoms with Gasteiger partial charge in [0, 0.05) is 23.3 Å². The van der Waals surface area contributed by atoms with Crippen molar-refractivity contribution in [2.24, 2.45) is 0 Å². The Morgan fingerprint density at radius 2 is 2.12 bits per heavy atom. The highest BCUT2D eigenvalue weighted by Gasteiger charge is 2.35. The van der Waals surface area contributed by atoms with Crippen molar-refractivity contribution in [1.82, 2.24) is 4.98 Å². The van der Waals surface area contributed by atoms with E-state index in [-0.39, 0.29) is 11.8 Å². The largest absolute Gasteiger partial charge is 0.496 e. The molecule has 1 atom stereocenters. The number of hydrogen-bond acceptors (Lipinski definition) is 4. The second kappa shape index (κ2) is 6.84. The lowest BCUT2D eigenvalue weighted by Crippen LogP contribution is -2.26. The number of hydrogen-bond donors (Lipinski definition) is 0. The van der Waals surface area contributed by atoms with Gasteiger partial charge in [0.25, 0.3) is 0 Å². The number of nitrogens with zero attached hydrogens (tertiary/aromatic N) is 2. The Morgan fingerprint density at radius 1 is 1.27 bits per heavy atom. The van der Waals surface area contributed by atoms with Crippen LogP contribution in [0.2, 0.25) is 5.02 Å². The minimum atomic E-state index is -0.219. The smallest absolute Gasteiger partial charge is 0.234 e. The van der Waals surface area contributed by atoms with Gasteiger partial charge < -0.3 is 14.1 Å². The molecule has 0 bridgehead atoms. The third kappa shape index (κ3) is 2.84. The standard InChI is InChI=1S/C20H17ClN2O3/c1-25-18-10-13(6-7-16(18)19-11-22-12-26-19)23-9-8-15(20(23)24)14-4-2-3-5-17(14)21/h2-7,10-12,15H,8-9H2,1H3. The maximum absolute atomic E-state index is 13.0. The summed E-state index contributed by atoms with van der Waals surface area (Å²) in [5.41, 5.74) is 2.47. The summed E-state index contributed by atoms with van der Waals surface area (Å²) in [5, 5.41) is 0.631. The minimum Gasteiger partial charge on any atom is -0.496 e. The van der Waals surface area contributed by atoms with Crippen molar-refractivity contribution >= 4 is 23.2 Å². The van der Waals surface area contributed by atoms with Crippen LogP contribution in [0.1, 0.15) is 17.9 Å². The fraction of sp³-hybridized carbons (Fsp3) is 0.200. The Morgan fingerprint density at radius 3 is 2.85 bits per heavy atom. The molecule has 0 aliphatic carbocycles. The molecule has 0 N–H and O–H groups in total. The molecule has 3 aromatic rings. The molecule has 2 heterocycles. The second-order valence-corrected chi connectivity index (χ2v) is 6.51. The molecular formula is C20H17ClN2O3. The zero-order valence-corrected chi connectivity index (χ0v) is 14.9. The van der Waals surface area contributed by atoms with Crippen LogP contribution in [0.3, 0.4) is 0 Å². The summed E-state index contributed by atoms with van der Waals surface area (Å²) in [4.78, 5) is 18.7. The summed E-state index contributed by atoms with van der Waals surface area (Å²) >= 11 is 6.28. The van der Waals surface area contributed by atoms with Gasteiger partial charge >= 0.3 is 0 Å². The average molecular weight is 369 g/mol. The van der Waals surface area contributed by atoms with Crippen LogP contribution >= 0.6 is 11.6 Å². The van der Waals surface area contributed by atoms with E-state index in [1.807, 2.05) is 42.5 Å². The maximum atomic E-state index is 13.0. The van der Waals surface area contributed by atoms with Gasteiger partial charge in [0.15, 0.2) is 12.2 Å². The van der Waals surface area contributed by atoms with Gasteiger partial charge in [0.2, 0.25) is 5.91 Å². The SMILES string of the molecule is COc1cc(N2CCC(c3ccccc3Cl)C2=O)ccc1-c1cnco1. The van der Waals surface area contributed by atoms with E-state index in [0.717, 1.165) is 23.2 Å². The molecule has 6 heteroatoms. The monoisotopic (exact) mass is 368 g/mol. The highest BCUT2D eigenvalue weighted by molar-refractivity contribution is 6.31. The summed E-state index contributed by atoms with van der Waals surface area (Å²) in [6.07, 6.45) is 3.74. The first kappa shape index (κ1) is 16.7. The van der Waals surface area contributed by atoms with Crippen LogP contribution in [0.25, 0.3) is 11.3 Å². The lowest BCUT2D eigenvalue weighted by Gasteiger charge is -2.19. The molecule has 1 fully saturated rings. The zero-order chi connectivity index (χ0) is 18.1. The second-order valence-electron chi connectivity index (χ2n) is 6.10. The number of carbonyl (C=O) groups excluding carboxylic acids is 1. The van der Waals surface area contributed by atoms with Crippen LogP contribution < -0.4 is 9.64 Å². The number of ether oxygens (including phenoxy) is 1. The number of oxazole rings is 1. The molecule has 2 aromatic carbocycles. The van der Waals surface area contributed by atoms with E-state index in [2.05, 4.69) is 4.98 Å². The first-order valence-electron chi connectivity index (χ1n) is 8.31. The molecule has 1 amide bonds. The van der Waals surface area contributed by atoms with Gasteiger partial charge in [-0.1, -0.05) is 29.8 Å². The van der Waals surface area contributed by atoms with E-state index in [1.165, 1.54) is 6.39 Å². The van der Waals surface area contributed by atoms with Gasteiger partial charge in [0.05, 0.1) is 24.8 Å². The molecule has 1 aliphatic rings. The van der Waals surface area contributed by atoms with Crippen LogP contribution in [0.4, 0.5) is 5.69 Å². The summed E-state index contributed by atoms with van der Waals surface area (Å²) in [5.74, 6) is 1.08. The van der Waals surface area contributed by atoms with E-state index in [1.54, 1.807) is 18.2 Å². The summed E-state index contributed by atoms with van der Waals surface area (Å²) in [6.45, 7) is 0.638. The minimum absolute atomic E-state index is 0.0487. The molecule has 1 aliphatic heterocycles. The molecule has 1 aromatic heterocycles. The van der Waals surface area contributed by atoms with Crippen LogP contribution in [-0.4, -0.2) is 24.5 Å². The summed E-state index contributed by atoms with van der Waals surface area (Å²) in [6, 6.07) is 13.1. The molecule has 0 saturated carbocycles. The van der Waals surface area contributed by atoms with Crippen LogP contribution in [-0.2, 0) is 4.79 Å². The van der Waals surface area contributed by atoms with E-state index in [0.29, 0.717) is 23.1 Å². The molecule has 0 radical (unpaired) electrons. The highest BCUT2D eigenvalue weighted by Crippen LogP contribution is 2.38. The molecule has 5 nitrogen and oxygen atoms in total. The normalized spacial score (nSPS) is 16.9. The number of aromatic nitrogens is 1. The first-order chi connectivity index (χ1) is 12.7. The molecular weight excluding hydrogens is 352 g/mol. The number of anilines is 1. The molecule has 1 unspecified atom stereocenters. The molecule has 0 spiro atoms. The van der Waals surface area contributed by atoms with Crippen molar-refractivity contribution in [3.8, 4) is 17.1 Å². The van der Waals surface area contributed by atoms with E-state index in [9.17, 15) is 4.79 Å². The number of halogens is 1. The predicted octanol–water partition coefficient (Wildman–Crippen LogP) is 4.52. The fourth-order valence-corrected chi connectivity index (χ4v) is 3.65. The predicted molar refractivity (Wildman–Crippen MR) is 99.7 cm³/mol. The Labute approximate surface area is 156 Å². The van der Waals surface area contributed by atoms with Gasteiger partial charge in [0.1, 0.15) is 5.75 Å². The van der Waals surface area contributed by atoms with Crippen molar-refractivity contribution in [2.75, 3.05) is 18.6 Å². The van der Waals surface area contributed by atoms with Crippen molar-refractivity contribution in [3.63, 3.8) is 0 Å². The molecule has 4 rings (SSSR count). The topological polar surface area (TPSA) is 55.6 Å². The van der Waals surface area contributed by atoms with Crippen LogP contribution in [0.5, 0.6) is 5.75 Å². The average Bonchev–Trinajstić information content (AvgIpc) is 3.32. The number of methoxy groups -OCH3 is 1. The molecule has 26 heavy (non-hydrogen) atoms. The van der Waals surface area contributed by atoms with Crippen molar-refractivity contribution in [1.29, 1.82) is 0 Å². The number of amides is 1. The number of rotatable bonds is 4. The van der Waals surface area contributed by atoms with Gasteiger partial charge in [-0.25, -0.2) is 4.98 Å². The lowest BCUT2D eigenvalue weighted by molar-refractivity contribution is -0.118. The van der Waals surface area contributed by atoms with Crippen LogP contribution in [0, 0.1) is 0 Å². The van der Waals surface area contributed by atoms with E-state index in [4.69, 9.17) is 20.8 Å². The maximum Gasteiger partial charge on any atom is 0.234 e. The van der Waals surface area contributed by atoms with E-state index >= 15 is 0 Å². The highest BCUT2D eigenvalue weighted by atomic mass is 35.5. The van der Waals surface area contributed by atoms with Gasteiger partial charge in [-0.2, -0.15) is 0 Å². The van der Waals surface area contributed by atoms with Crippen molar-refractivity contribution in [3.05, 3.63) is 65.6 Å². The Balaban J connectivity index is 1.64. The first-order valence-corrected chi connectivity index (χ1v) is 8.69. The fourth-order valence-electron chi connectivity index (χ4n) is 3.38. The van der Waals surface area contributed by atoms with Crippen molar-refractivity contribution in [2.45, 2.75) is 12.3 Å². The molecule has 1 saturated heterocycles. The van der Waals surface area contributed by atoms with Gasteiger partial charge in [-0.15, -0.1) is 0 Å². The van der Waals surface area contributed by atoms with Crippen LogP contribution in [0.15, 0.2) is 59.5 Å². The summed E-state index contributed by atoms with van der Waals surface area (Å²) in [7, 11) is 1.59. The quantitative estimate of drug-likeness (QED) is 0.679. The van der Waals surface area contributed by atoms with Gasteiger partial charge in [-0.3, -0.25) is 4.79 Å². The van der Waals surface area contributed by atoms with Gasteiger partial charge in [-0.05, 0) is 30.2 Å². The van der Waals surface area contributed by atoms with E-state index < -0.39 is 0 Å². The summed E-state index contributed by atoms with van der Waals surface area (Å²) < 4.78 is 10.8.